The molecule has 0 unspecified atom stereocenters. The molecule has 2 aliphatic rings. The number of hydrogen-bond acceptors (Lipinski definition) is 5. The molecule has 6 heteroatoms. The highest BCUT2D eigenvalue weighted by Crippen LogP contribution is 2.14. The molecular formula is C5H7N3O2S. The molecule has 0 aromatic carbocycles. The van der Waals surface area contributed by atoms with Gasteiger partial charge in [0, 0.05) is 11.6 Å². The molecule has 1 fully saturated rings. The van der Waals surface area contributed by atoms with E-state index in [0.717, 1.165) is 0 Å². The molecular weight excluding hydrogens is 166 g/mol. The van der Waals surface area contributed by atoms with Gasteiger partial charge >= 0.3 is 6.09 Å². The third-order valence-corrected chi connectivity index (χ3v) is 1.97. The first kappa shape index (κ1) is 6.81. The van der Waals surface area contributed by atoms with Crippen LogP contribution in [-0.4, -0.2) is 29.4 Å². The minimum absolute atomic E-state index is 0.301. The van der Waals surface area contributed by atoms with Gasteiger partial charge in [-0.15, -0.1) is 0 Å². The average molecular weight is 173 g/mol. The molecule has 0 atom stereocenters. The number of nitrogens with one attached hydrogen (secondary N) is 1. The molecule has 5 nitrogen and oxygen atoms in total. The Kier molecular flexibility index (Phi) is 1.63. The Morgan fingerprint density at radius 1 is 1.73 bits per heavy atom. The second kappa shape index (κ2) is 2.63. The van der Waals surface area contributed by atoms with Crippen molar-refractivity contribution < 1.29 is 9.53 Å². The van der Waals surface area contributed by atoms with Gasteiger partial charge in [-0.25, -0.2) is 14.9 Å². The summed E-state index contributed by atoms with van der Waals surface area (Å²) in [5.41, 5.74) is 0. The molecule has 1 saturated heterocycles. The van der Waals surface area contributed by atoms with Crippen LogP contribution in [0, 0.1) is 0 Å². The maximum atomic E-state index is 10.9. The highest BCUT2D eigenvalue weighted by atomic mass is 32.2. The van der Waals surface area contributed by atoms with Gasteiger partial charge in [-0.1, -0.05) is 0 Å². The average Bonchev–Trinajstić information content (AvgIpc) is 2.55. The largest absolute Gasteiger partial charge is 0.446 e. The van der Waals surface area contributed by atoms with Crippen LogP contribution in [0.1, 0.15) is 0 Å². The van der Waals surface area contributed by atoms with E-state index in [2.05, 4.69) is 4.83 Å². The van der Waals surface area contributed by atoms with Crippen molar-refractivity contribution in [3.63, 3.8) is 0 Å². The molecule has 2 heterocycles. The van der Waals surface area contributed by atoms with E-state index in [1.165, 1.54) is 17.0 Å². The Morgan fingerprint density at radius 3 is 3.18 bits per heavy atom. The predicted molar refractivity (Wildman–Crippen MR) is 39.8 cm³/mol. The number of carbonyl (C=O) groups is 1. The second-order valence-corrected chi connectivity index (χ2v) is 2.77. The zero-order chi connectivity index (χ0) is 7.68. The first-order valence-electron chi connectivity index (χ1n) is 3.19. The topological polar surface area (TPSA) is 44.8 Å². The van der Waals surface area contributed by atoms with Gasteiger partial charge in [0.05, 0.1) is 6.54 Å². The predicted octanol–water partition coefficient (Wildman–Crippen LogP) is 0.293. The summed E-state index contributed by atoms with van der Waals surface area (Å²) in [5, 5.41) is 4.96. The van der Waals surface area contributed by atoms with Gasteiger partial charge in [-0.3, -0.25) is 0 Å². The Bertz CT molecular complexity index is 208. The first-order chi connectivity index (χ1) is 5.38. The van der Waals surface area contributed by atoms with Crippen LogP contribution in [0.3, 0.4) is 0 Å². The van der Waals surface area contributed by atoms with Crippen LogP contribution in [0.25, 0.3) is 0 Å². The zero-order valence-corrected chi connectivity index (χ0v) is 6.50. The van der Waals surface area contributed by atoms with Crippen LogP contribution < -0.4 is 4.83 Å². The van der Waals surface area contributed by atoms with Gasteiger partial charge in [0.1, 0.15) is 6.61 Å². The maximum absolute atomic E-state index is 10.9. The van der Waals surface area contributed by atoms with Gasteiger partial charge in [-0.05, 0) is 11.9 Å². The van der Waals surface area contributed by atoms with Gasteiger partial charge < -0.3 is 4.74 Å². The summed E-state index contributed by atoms with van der Waals surface area (Å²) in [7, 11) is 0. The van der Waals surface area contributed by atoms with Crippen LogP contribution in [0.2, 0.25) is 0 Å². The van der Waals surface area contributed by atoms with Gasteiger partial charge in [0.15, 0.2) is 0 Å². The van der Waals surface area contributed by atoms with Gasteiger partial charge in [0.25, 0.3) is 0 Å². The third-order valence-electron chi connectivity index (χ3n) is 1.42. The molecule has 11 heavy (non-hydrogen) atoms. The SMILES string of the molecule is O=C1OCCN1N1C=CSN1. The fourth-order valence-corrected chi connectivity index (χ4v) is 1.42. The summed E-state index contributed by atoms with van der Waals surface area (Å²) in [6.45, 7) is 1.08. The van der Waals surface area contributed by atoms with Crippen molar-refractivity contribution >= 4 is 18.0 Å². The summed E-state index contributed by atoms with van der Waals surface area (Å²) < 4.78 is 4.74. The zero-order valence-electron chi connectivity index (χ0n) is 5.69. The van der Waals surface area contributed by atoms with E-state index < -0.39 is 0 Å². The summed E-state index contributed by atoms with van der Waals surface area (Å²) in [6.07, 6.45) is 1.47. The fourth-order valence-electron chi connectivity index (χ4n) is 0.914. The van der Waals surface area contributed by atoms with Crippen molar-refractivity contribution in [3.05, 3.63) is 11.6 Å². The molecule has 0 bridgehead atoms. The van der Waals surface area contributed by atoms with Crippen molar-refractivity contribution in [3.8, 4) is 0 Å². The number of carbonyl (C=O) groups excluding carboxylic acids is 1. The van der Waals surface area contributed by atoms with E-state index in [1.54, 1.807) is 11.3 Å². The Labute approximate surface area is 68.0 Å². The molecule has 0 radical (unpaired) electrons. The van der Waals surface area contributed by atoms with Crippen LogP contribution in [-0.2, 0) is 4.74 Å². The van der Waals surface area contributed by atoms with Gasteiger partial charge in [0.2, 0.25) is 0 Å². The van der Waals surface area contributed by atoms with Crippen LogP contribution in [0.4, 0.5) is 4.79 Å². The summed E-state index contributed by atoms with van der Waals surface area (Å²) in [5.74, 6) is 0. The van der Waals surface area contributed by atoms with Crippen molar-refractivity contribution in [1.82, 2.24) is 15.0 Å². The molecule has 0 saturated carbocycles. The lowest BCUT2D eigenvalue weighted by Gasteiger charge is -2.23. The summed E-state index contributed by atoms with van der Waals surface area (Å²) in [4.78, 5) is 13.8. The molecule has 0 aliphatic carbocycles. The van der Waals surface area contributed by atoms with E-state index in [0.29, 0.717) is 13.2 Å². The lowest BCUT2D eigenvalue weighted by molar-refractivity contribution is 0.0548. The highest BCUT2D eigenvalue weighted by molar-refractivity contribution is 8.00. The van der Waals surface area contributed by atoms with Crippen molar-refractivity contribution in [2.24, 2.45) is 0 Å². The number of hydrogen-bond donors (Lipinski definition) is 1. The van der Waals surface area contributed by atoms with Crippen molar-refractivity contribution in [2.75, 3.05) is 13.2 Å². The smallest absolute Gasteiger partial charge is 0.430 e. The molecule has 2 rings (SSSR count). The van der Waals surface area contributed by atoms with E-state index in [9.17, 15) is 4.79 Å². The number of cyclic esters (lactones) is 1. The Morgan fingerprint density at radius 2 is 2.64 bits per heavy atom. The molecule has 1 amide bonds. The second-order valence-electron chi connectivity index (χ2n) is 2.08. The van der Waals surface area contributed by atoms with E-state index in [4.69, 9.17) is 4.74 Å². The third kappa shape index (κ3) is 1.14. The number of rotatable bonds is 1. The van der Waals surface area contributed by atoms with Crippen molar-refractivity contribution in [1.29, 1.82) is 0 Å². The minimum Gasteiger partial charge on any atom is -0.446 e. The normalized spacial score (nSPS) is 23.1. The molecule has 0 aromatic rings. The van der Waals surface area contributed by atoms with Crippen LogP contribution in [0.15, 0.2) is 11.6 Å². The number of hydrazine groups is 2. The molecule has 0 spiro atoms. The summed E-state index contributed by atoms with van der Waals surface area (Å²) >= 11 is 1.42. The Balaban J connectivity index is 2.03. The first-order valence-corrected chi connectivity index (χ1v) is 4.07. The monoisotopic (exact) mass is 173 g/mol. The molecule has 1 N–H and O–H groups in total. The number of nitrogens with zero attached hydrogens (tertiary/aromatic N) is 2. The standard InChI is InChI=1S/C5H7N3O2S/c9-5-7(1-3-10-5)8-2-4-11-6-8/h2,4,6H,1,3H2. The Hall–Kier alpha value is -0.880. The minimum atomic E-state index is -0.301. The van der Waals surface area contributed by atoms with E-state index in [-0.39, 0.29) is 6.09 Å². The number of amides is 1. The lowest BCUT2D eigenvalue weighted by atomic mass is 10.7. The quantitative estimate of drug-likeness (QED) is 0.577. The van der Waals surface area contributed by atoms with E-state index in [1.807, 2.05) is 5.41 Å². The number of ether oxygens (including phenoxy) is 1. The van der Waals surface area contributed by atoms with Gasteiger partial charge in [-0.2, -0.15) is 4.83 Å². The van der Waals surface area contributed by atoms with Crippen LogP contribution in [0.5, 0.6) is 0 Å². The molecule has 0 aromatic heterocycles. The molecule has 2 aliphatic heterocycles. The highest BCUT2D eigenvalue weighted by Gasteiger charge is 2.27. The fraction of sp³-hybridized carbons (Fsp3) is 0.400. The van der Waals surface area contributed by atoms with E-state index >= 15 is 0 Å². The lowest BCUT2D eigenvalue weighted by Crippen LogP contribution is -2.43. The van der Waals surface area contributed by atoms with Crippen LogP contribution >= 0.6 is 11.9 Å². The van der Waals surface area contributed by atoms with Crippen molar-refractivity contribution in [2.45, 2.75) is 0 Å². The molecule has 60 valence electrons. The maximum Gasteiger partial charge on any atom is 0.430 e. The summed E-state index contributed by atoms with van der Waals surface area (Å²) in [6, 6.07) is 0.